The third-order valence-electron chi connectivity index (χ3n) is 6.44. The van der Waals surface area contributed by atoms with Crippen LogP contribution in [-0.2, 0) is 4.79 Å². The Hall–Kier alpha value is -0.570. The van der Waals surface area contributed by atoms with E-state index in [0.29, 0.717) is 6.42 Å². The van der Waals surface area contributed by atoms with E-state index in [1.807, 2.05) is 0 Å². The third-order valence-corrected chi connectivity index (χ3v) is 6.44. The van der Waals surface area contributed by atoms with E-state index in [9.17, 15) is 4.79 Å². The molecule has 0 aromatic heterocycles. The summed E-state index contributed by atoms with van der Waals surface area (Å²) >= 11 is 0. The summed E-state index contributed by atoms with van der Waals surface area (Å²) in [6, 6.07) is -0.667. The molecule has 0 spiro atoms. The molecule has 0 aliphatic rings. The van der Waals surface area contributed by atoms with Gasteiger partial charge in [-0.25, -0.2) is 0 Å². The van der Waals surface area contributed by atoms with Gasteiger partial charge in [0.05, 0.1) is 0 Å². The lowest BCUT2D eigenvalue weighted by Gasteiger charge is -2.06. The van der Waals surface area contributed by atoms with Crippen LogP contribution in [0.25, 0.3) is 0 Å². The van der Waals surface area contributed by atoms with Crippen molar-refractivity contribution in [2.75, 3.05) is 0 Å². The molecule has 3 heteroatoms. The molecule has 0 saturated heterocycles. The zero-order valence-electron chi connectivity index (χ0n) is 20.5. The molecule has 30 heavy (non-hydrogen) atoms. The maximum absolute atomic E-state index is 10.6. The average Bonchev–Trinajstić information content (AvgIpc) is 2.74. The van der Waals surface area contributed by atoms with Crippen LogP contribution >= 0.6 is 0 Å². The summed E-state index contributed by atoms with van der Waals surface area (Å²) in [6.07, 6.45) is 32.4. The number of rotatable bonds is 25. The Kier molecular flexibility index (Phi) is 24.2. The number of unbranched alkanes of at least 4 members (excludes halogenated alkanes) is 22. The van der Waals surface area contributed by atoms with Gasteiger partial charge in [0.15, 0.2) is 0 Å². The van der Waals surface area contributed by atoms with Crippen molar-refractivity contribution in [3.05, 3.63) is 0 Å². The monoisotopic (exact) mass is 425 g/mol. The van der Waals surface area contributed by atoms with Gasteiger partial charge in [-0.15, -0.1) is 0 Å². The zero-order chi connectivity index (χ0) is 22.1. The van der Waals surface area contributed by atoms with Crippen LogP contribution in [0.3, 0.4) is 0 Å². The molecule has 0 rings (SSSR count). The minimum atomic E-state index is -0.867. The van der Waals surface area contributed by atoms with Gasteiger partial charge >= 0.3 is 5.97 Å². The molecule has 0 fully saturated rings. The predicted molar refractivity (Wildman–Crippen MR) is 132 cm³/mol. The summed E-state index contributed by atoms with van der Waals surface area (Å²) in [5.41, 5.74) is 5.51. The van der Waals surface area contributed by atoms with E-state index < -0.39 is 12.0 Å². The first-order chi connectivity index (χ1) is 14.7. The lowest BCUT2D eigenvalue weighted by Crippen LogP contribution is -2.29. The maximum atomic E-state index is 10.6. The quantitative estimate of drug-likeness (QED) is 0.144. The molecule has 0 heterocycles. The topological polar surface area (TPSA) is 63.3 Å². The van der Waals surface area contributed by atoms with E-state index in [-0.39, 0.29) is 0 Å². The van der Waals surface area contributed by atoms with Gasteiger partial charge in [-0.3, -0.25) is 4.79 Å². The third kappa shape index (κ3) is 23.7. The number of hydrogen-bond donors (Lipinski definition) is 2. The number of hydrogen-bond acceptors (Lipinski definition) is 2. The molecule has 3 N–H and O–H groups in total. The summed E-state index contributed by atoms with van der Waals surface area (Å²) in [7, 11) is 0. The normalized spacial score (nSPS) is 12.3. The second-order valence-corrected chi connectivity index (χ2v) is 9.51. The van der Waals surface area contributed by atoms with Gasteiger partial charge in [-0.2, -0.15) is 0 Å². The van der Waals surface area contributed by atoms with Crippen LogP contribution < -0.4 is 5.73 Å². The molecule has 0 saturated carbocycles. The molecule has 1 unspecified atom stereocenters. The Morgan fingerprint density at radius 1 is 0.533 bits per heavy atom. The van der Waals surface area contributed by atoms with Crippen molar-refractivity contribution in [2.24, 2.45) is 5.73 Å². The van der Waals surface area contributed by atoms with Crippen LogP contribution in [0.2, 0.25) is 0 Å². The molecular weight excluding hydrogens is 370 g/mol. The number of carbonyl (C=O) groups is 1. The van der Waals surface area contributed by atoms with Crippen molar-refractivity contribution in [1.82, 2.24) is 0 Å². The summed E-state index contributed by atoms with van der Waals surface area (Å²) in [5, 5.41) is 8.73. The molecular formula is C27H55NO2. The van der Waals surface area contributed by atoms with Gasteiger partial charge in [0.25, 0.3) is 0 Å². The van der Waals surface area contributed by atoms with Crippen LogP contribution in [0.4, 0.5) is 0 Å². The standard InChI is InChI=1S/C27H55NO2/c1-2-3-4-5-6-7-8-9-10-11-12-13-14-15-16-17-18-19-20-21-22-23-24-25-26(28)27(29)30/h26H,2-25,28H2,1H3,(H,29,30). The average molecular weight is 426 g/mol. The maximum Gasteiger partial charge on any atom is 0.320 e. The molecule has 0 aromatic carbocycles. The molecule has 0 aromatic rings. The first-order valence-corrected chi connectivity index (χ1v) is 13.7. The highest BCUT2D eigenvalue weighted by molar-refractivity contribution is 5.72. The first-order valence-electron chi connectivity index (χ1n) is 13.7. The van der Waals surface area contributed by atoms with Gasteiger partial charge in [0.2, 0.25) is 0 Å². The van der Waals surface area contributed by atoms with E-state index in [1.165, 1.54) is 135 Å². The fraction of sp³-hybridized carbons (Fsp3) is 0.963. The fourth-order valence-corrected chi connectivity index (χ4v) is 4.27. The van der Waals surface area contributed by atoms with E-state index in [2.05, 4.69) is 6.92 Å². The van der Waals surface area contributed by atoms with Crippen molar-refractivity contribution in [3.8, 4) is 0 Å². The molecule has 180 valence electrons. The zero-order valence-corrected chi connectivity index (χ0v) is 20.5. The van der Waals surface area contributed by atoms with Crippen LogP contribution in [-0.4, -0.2) is 17.1 Å². The van der Waals surface area contributed by atoms with Gasteiger partial charge in [-0.1, -0.05) is 155 Å². The molecule has 0 aliphatic heterocycles. The molecule has 3 nitrogen and oxygen atoms in total. The van der Waals surface area contributed by atoms with Crippen molar-refractivity contribution >= 4 is 5.97 Å². The fourth-order valence-electron chi connectivity index (χ4n) is 4.27. The Labute approximate surface area is 189 Å². The smallest absolute Gasteiger partial charge is 0.320 e. The predicted octanol–water partition coefficient (Wildman–Crippen LogP) is 8.78. The Balaban J connectivity index is 3.04. The van der Waals surface area contributed by atoms with Crippen LogP contribution in [0.1, 0.15) is 161 Å². The first kappa shape index (κ1) is 29.4. The van der Waals surface area contributed by atoms with Crippen LogP contribution in [0.15, 0.2) is 0 Å². The SMILES string of the molecule is CCCCCCCCCCCCCCCCCCCCCCCCCC(N)C(=O)O. The molecule has 0 radical (unpaired) electrons. The highest BCUT2D eigenvalue weighted by Crippen LogP contribution is 2.15. The van der Waals surface area contributed by atoms with E-state index in [0.717, 1.165) is 12.8 Å². The van der Waals surface area contributed by atoms with E-state index in [1.54, 1.807) is 0 Å². The minimum absolute atomic E-state index is 0.620. The Morgan fingerprint density at radius 2 is 0.767 bits per heavy atom. The molecule has 0 aliphatic carbocycles. The summed E-state index contributed by atoms with van der Waals surface area (Å²) in [6.45, 7) is 2.29. The van der Waals surface area contributed by atoms with Gasteiger partial charge < -0.3 is 10.8 Å². The Morgan fingerprint density at radius 3 is 1.00 bits per heavy atom. The summed E-state index contributed by atoms with van der Waals surface area (Å²) in [4.78, 5) is 10.6. The Bertz CT molecular complexity index is 346. The molecule has 1 atom stereocenters. The van der Waals surface area contributed by atoms with Crippen molar-refractivity contribution in [3.63, 3.8) is 0 Å². The minimum Gasteiger partial charge on any atom is -0.480 e. The molecule has 0 amide bonds. The number of carboxylic acids is 1. The lowest BCUT2D eigenvalue weighted by atomic mass is 10.0. The van der Waals surface area contributed by atoms with Crippen LogP contribution in [0.5, 0.6) is 0 Å². The summed E-state index contributed by atoms with van der Waals surface area (Å²) < 4.78 is 0. The highest BCUT2D eigenvalue weighted by Gasteiger charge is 2.09. The van der Waals surface area contributed by atoms with Gasteiger partial charge in [0.1, 0.15) is 6.04 Å². The van der Waals surface area contributed by atoms with Crippen LogP contribution in [0, 0.1) is 0 Å². The van der Waals surface area contributed by atoms with Gasteiger partial charge in [0, 0.05) is 0 Å². The highest BCUT2D eigenvalue weighted by atomic mass is 16.4. The second kappa shape index (κ2) is 24.7. The van der Waals surface area contributed by atoms with Crippen molar-refractivity contribution in [1.29, 1.82) is 0 Å². The second-order valence-electron chi connectivity index (χ2n) is 9.51. The van der Waals surface area contributed by atoms with E-state index >= 15 is 0 Å². The van der Waals surface area contributed by atoms with Crippen molar-refractivity contribution in [2.45, 2.75) is 167 Å². The number of carboxylic acid groups (broad SMARTS) is 1. The summed E-state index contributed by atoms with van der Waals surface area (Å²) in [5.74, 6) is -0.867. The number of aliphatic carboxylic acids is 1. The lowest BCUT2D eigenvalue weighted by molar-refractivity contribution is -0.138. The molecule has 0 bridgehead atoms. The number of nitrogens with two attached hydrogens (primary N) is 1. The van der Waals surface area contributed by atoms with E-state index in [4.69, 9.17) is 10.8 Å². The van der Waals surface area contributed by atoms with Crippen molar-refractivity contribution < 1.29 is 9.90 Å². The van der Waals surface area contributed by atoms with Gasteiger partial charge in [-0.05, 0) is 6.42 Å². The largest absolute Gasteiger partial charge is 0.480 e.